The summed E-state index contributed by atoms with van der Waals surface area (Å²) in [5.74, 6) is -0.207. The van der Waals surface area contributed by atoms with Crippen molar-refractivity contribution in [3.05, 3.63) is 65.7 Å². The van der Waals surface area contributed by atoms with Crippen LogP contribution >= 0.6 is 0 Å². The molecular weight excluding hydrogens is 328 g/mol. The lowest BCUT2D eigenvalue weighted by Gasteiger charge is -2.18. The lowest BCUT2D eigenvalue weighted by molar-refractivity contribution is -0.125. The van der Waals surface area contributed by atoms with Gasteiger partial charge in [0, 0.05) is 13.1 Å². The number of hydrazine groups is 1. The van der Waals surface area contributed by atoms with Gasteiger partial charge in [-0.05, 0) is 23.3 Å². The van der Waals surface area contributed by atoms with E-state index in [2.05, 4.69) is 20.9 Å². The molecule has 7 heteroatoms. The number of ether oxygens (including phenoxy) is 1. The highest BCUT2D eigenvalue weighted by molar-refractivity contribution is 5.80. The van der Waals surface area contributed by atoms with E-state index in [1.807, 2.05) is 30.3 Å². The van der Waals surface area contributed by atoms with Crippen LogP contribution in [0.1, 0.15) is 17.2 Å². The first-order chi connectivity index (χ1) is 12.1. The zero-order valence-electron chi connectivity index (χ0n) is 13.4. The third-order valence-electron chi connectivity index (χ3n) is 4.09. The van der Waals surface area contributed by atoms with Gasteiger partial charge in [-0.2, -0.15) is 8.78 Å². The van der Waals surface area contributed by atoms with Crippen molar-refractivity contribution in [3.8, 4) is 5.75 Å². The third kappa shape index (κ3) is 4.52. The van der Waals surface area contributed by atoms with Crippen LogP contribution in [0.25, 0.3) is 0 Å². The Morgan fingerprint density at radius 1 is 1.16 bits per heavy atom. The molecule has 2 aromatic rings. The van der Waals surface area contributed by atoms with Gasteiger partial charge in [-0.1, -0.05) is 42.5 Å². The Balaban J connectivity index is 1.57. The SMILES string of the molecule is O=C(NCc1ccc(OC(F)F)cc1)C1CNNC1c1ccccc1. The van der Waals surface area contributed by atoms with Crippen LogP contribution < -0.4 is 20.9 Å². The molecule has 25 heavy (non-hydrogen) atoms. The van der Waals surface area contributed by atoms with E-state index >= 15 is 0 Å². The molecule has 1 aliphatic rings. The maximum Gasteiger partial charge on any atom is 0.387 e. The van der Waals surface area contributed by atoms with Gasteiger partial charge in [0.25, 0.3) is 0 Å². The monoisotopic (exact) mass is 347 g/mol. The van der Waals surface area contributed by atoms with Crippen LogP contribution in [0.15, 0.2) is 54.6 Å². The number of alkyl halides is 2. The summed E-state index contributed by atoms with van der Waals surface area (Å²) < 4.78 is 28.6. The van der Waals surface area contributed by atoms with Crippen molar-refractivity contribution in [1.29, 1.82) is 0 Å². The lowest BCUT2D eigenvalue weighted by Crippen LogP contribution is -2.34. The smallest absolute Gasteiger partial charge is 0.387 e. The molecule has 1 fully saturated rings. The highest BCUT2D eigenvalue weighted by Crippen LogP contribution is 2.25. The standard InChI is InChI=1S/C18H19F2N3O2/c19-18(20)25-14-8-6-12(7-9-14)10-21-17(24)15-11-22-23-16(15)13-4-2-1-3-5-13/h1-9,15-16,18,22-23H,10-11H2,(H,21,24). The lowest BCUT2D eigenvalue weighted by atomic mass is 9.94. The number of rotatable bonds is 6. The van der Waals surface area contributed by atoms with Crippen LogP contribution in [-0.4, -0.2) is 19.1 Å². The van der Waals surface area contributed by atoms with Crippen molar-refractivity contribution < 1.29 is 18.3 Å². The van der Waals surface area contributed by atoms with Gasteiger partial charge in [0.05, 0.1) is 12.0 Å². The largest absolute Gasteiger partial charge is 0.435 e. The van der Waals surface area contributed by atoms with Crippen molar-refractivity contribution >= 4 is 5.91 Å². The molecule has 1 heterocycles. The van der Waals surface area contributed by atoms with E-state index in [0.717, 1.165) is 11.1 Å². The van der Waals surface area contributed by atoms with Crippen molar-refractivity contribution in [1.82, 2.24) is 16.2 Å². The topological polar surface area (TPSA) is 62.4 Å². The van der Waals surface area contributed by atoms with E-state index in [4.69, 9.17) is 0 Å². The second-order valence-corrected chi connectivity index (χ2v) is 5.76. The summed E-state index contributed by atoms with van der Waals surface area (Å²) in [6.07, 6.45) is 0. The zero-order chi connectivity index (χ0) is 17.6. The van der Waals surface area contributed by atoms with E-state index < -0.39 is 6.61 Å². The Morgan fingerprint density at radius 3 is 2.56 bits per heavy atom. The number of hydrogen-bond acceptors (Lipinski definition) is 4. The molecule has 1 aliphatic heterocycles. The van der Waals surface area contributed by atoms with Crippen molar-refractivity contribution in [3.63, 3.8) is 0 Å². The fraction of sp³-hybridized carbons (Fsp3) is 0.278. The Labute approximate surface area is 144 Å². The summed E-state index contributed by atoms with van der Waals surface area (Å²) in [6.45, 7) is -1.99. The molecule has 132 valence electrons. The first kappa shape index (κ1) is 17.3. The van der Waals surface area contributed by atoms with Gasteiger partial charge >= 0.3 is 6.61 Å². The van der Waals surface area contributed by atoms with Crippen LogP contribution in [0.2, 0.25) is 0 Å². The Morgan fingerprint density at radius 2 is 1.88 bits per heavy atom. The summed E-state index contributed by atoms with van der Waals surface area (Å²) >= 11 is 0. The van der Waals surface area contributed by atoms with Crippen molar-refractivity contribution in [2.24, 2.45) is 5.92 Å². The van der Waals surface area contributed by atoms with Gasteiger partial charge in [-0.15, -0.1) is 0 Å². The molecule has 0 saturated carbocycles. The summed E-state index contributed by atoms with van der Waals surface area (Å²) in [6, 6.07) is 15.9. The molecule has 0 bridgehead atoms. The molecule has 0 spiro atoms. The average Bonchev–Trinajstić information content (AvgIpc) is 3.11. The molecule has 5 nitrogen and oxygen atoms in total. The molecule has 1 amide bonds. The highest BCUT2D eigenvalue weighted by Gasteiger charge is 2.33. The van der Waals surface area contributed by atoms with E-state index in [0.29, 0.717) is 13.1 Å². The molecule has 0 aliphatic carbocycles. The van der Waals surface area contributed by atoms with Crippen LogP contribution in [-0.2, 0) is 11.3 Å². The predicted molar refractivity (Wildman–Crippen MR) is 88.7 cm³/mol. The maximum absolute atomic E-state index is 12.5. The minimum absolute atomic E-state index is 0.0701. The van der Waals surface area contributed by atoms with Crippen LogP contribution in [0.5, 0.6) is 5.75 Å². The molecule has 0 radical (unpaired) electrons. The van der Waals surface area contributed by atoms with E-state index in [-0.39, 0.29) is 23.6 Å². The van der Waals surface area contributed by atoms with E-state index in [1.54, 1.807) is 12.1 Å². The molecule has 3 rings (SSSR count). The number of nitrogens with one attached hydrogen (secondary N) is 3. The van der Waals surface area contributed by atoms with Gasteiger partial charge in [-0.25, -0.2) is 5.43 Å². The van der Waals surface area contributed by atoms with Crippen LogP contribution in [0.3, 0.4) is 0 Å². The van der Waals surface area contributed by atoms with Crippen LogP contribution in [0.4, 0.5) is 8.78 Å². The fourth-order valence-electron chi connectivity index (χ4n) is 2.83. The Bertz CT molecular complexity index is 695. The number of halogens is 2. The summed E-state index contributed by atoms with van der Waals surface area (Å²) in [4.78, 5) is 12.5. The normalized spacial score (nSPS) is 19.8. The zero-order valence-corrected chi connectivity index (χ0v) is 13.4. The maximum atomic E-state index is 12.5. The third-order valence-corrected chi connectivity index (χ3v) is 4.09. The molecular formula is C18H19F2N3O2. The molecule has 0 aromatic heterocycles. The van der Waals surface area contributed by atoms with Crippen molar-refractivity contribution in [2.45, 2.75) is 19.2 Å². The summed E-state index contributed by atoms with van der Waals surface area (Å²) in [5.41, 5.74) is 8.01. The number of benzene rings is 2. The minimum Gasteiger partial charge on any atom is -0.435 e. The summed E-state index contributed by atoms with van der Waals surface area (Å²) in [7, 11) is 0. The first-order valence-corrected chi connectivity index (χ1v) is 7.98. The number of amides is 1. The fourth-order valence-corrected chi connectivity index (χ4v) is 2.83. The Hall–Kier alpha value is -2.51. The second-order valence-electron chi connectivity index (χ2n) is 5.76. The predicted octanol–water partition coefficient (Wildman–Crippen LogP) is 2.37. The summed E-state index contributed by atoms with van der Waals surface area (Å²) in [5, 5.41) is 2.89. The molecule has 2 aromatic carbocycles. The van der Waals surface area contributed by atoms with Crippen molar-refractivity contribution in [2.75, 3.05) is 6.54 Å². The van der Waals surface area contributed by atoms with E-state index in [1.165, 1.54) is 12.1 Å². The van der Waals surface area contributed by atoms with Gasteiger partial charge < -0.3 is 10.1 Å². The average molecular weight is 347 g/mol. The van der Waals surface area contributed by atoms with Gasteiger partial charge in [0.1, 0.15) is 5.75 Å². The minimum atomic E-state index is -2.84. The first-order valence-electron chi connectivity index (χ1n) is 7.98. The number of hydrogen-bond donors (Lipinski definition) is 3. The van der Waals surface area contributed by atoms with Gasteiger partial charge in [-0.3, -0.25) is 10.2 Å². The van der Waals surface area contributed by atoms with Crippen LogP contribution in [0, 0.1) is 5.92 Å². The molecule has 2 unspecified atom stereocenters. The molecule has 1 saturated heterocycles. The molecule has 3 N–H and O–H groups in total. The van der Waals surface area contributed by atoms with E-state index in [9.17, 15) is 13.6 Å². The second kappa shape index (κ2) is 8.04. The number of carbonyl (C=O) groups excluding carboxylic acids is 1. The van der Waals surface area contributed by atoms with Gasteiger partial charge in [0.2, 0.25) is 5.91 Å². The molecule has 2 atom stereocenters. The highest BCUT2D eigenvalue weighted by atomic mass is 19.3. The number of carbonyl (C=O) groups is 1. The quantitative estimate of drug-likeness (QED) is 0.751. The Kier molecular flexibility index (Phi) is 5.57. The van der Waals surface area contributed by atoms with Gasteiger partial charge in [0.15, 0.2) is 0 Å².